The molecule has 4 rings (SSSR count). The van der Waals surface area contributed by atoms with Crippen molar-refractivity contribution < 1.29 is 3.63 Å². The van der Waals surface area contributed by atoms with Crippen LogP contribution < -0.4 is 0 Å². The van der Waals surface area contributed by atoms with Crippen molar-refractivity contribution in [1.29, 1.82) is 10.8 Å². The predicted octanol–water partition coefficient (Wildman–Crippen LogP) is 7.91. The fourth-order valence-corrected chi connectivity index (χ4v) is 5.79. The second kappa shape index (κ2) is 12.0. The third-order valence-corrected chi connectivity index (χ3v) is 7.80. The molecule has 6 heteroatoms. The Morgan fingerprint density at radius 3 is 0.912 bits per heavy atom. The molecule has 4 aromatic rings. The molecule has 0 atom stereocenters. The summed E-state index contributed by atoms with van der Waals surface area (Å²) in [6.07, 6.45) is 2.86. The lowest BCUT2D eigenvalue weighted by molar-refractivity contribution is 0.718. The predicted molar refractivity (Wildman–Crippen MR) is 148 cm³/mol. The van der Waals surface area contributed by atoms with Crippen LogP contribution in [-0.2, 0) is 13.1 Å². The molecule has 0 spiro atoms. The maximum atomic E-state index is 8.41. The number of nitrogens with one attached hydrogen (secondary N) is 2. The lowest BCUT2D eigenvalue weighted by Gasteiger charge is -2.32. The SMILES string of the molecule is Cl.N=CC(SOSC(C=N)(c1ccccc1)c1ccccc1)(c1ccccc1)c1ccccc1. The Labute approximate surface area is 215 Å². The van der Waals surface area contributed by atoms with Crippen LogP contribution in [-0.4, -0.2) is 12.4 Å². The van der Waals surface area contributed by atoms with E-state index in [-0.39, 0.29) is 12.4 Å². The highest BCUT2D eigenvalue weighted by molar-refractivity contribution is 8.09. The third-order valence-electron chi connectivity index (χ3n) is 5.55. The van der Waals surface area contributed by atoms with Crippen molar-refractivity contribution in [2.24, 2.45) is 0 Å². The maximum Gasteiger partial charge on any atom is 0.128 e. The van der Waals surface area contributed by atoms with E-state index in [0.29, 0.717) is 0 Å². The van der Waals surface area contributed by atoms with Crippen LogP contribution in [0, 0.1) is 10.8 Å². The van der Waals surface area contributed by atoms with Gasteiger partial charge in [0, 0.05) is 36.5 Å². The molecule has 172 valence electrons. The number of hydrogen-bond acceptors (Lipinski definition) is 5. The first kappa shape index (κ1) is 25.8. The average Bonchev–Trinajstić information content (AvgIpc) is 2.91. The topological polar surface area (TPSA) is 56.9 Å². The summed E-state index contributed by atoms with van der Waals surface area (Å²) in [6, 6.07) is 39.7. The molecule has 3 nitrogen and oxygen atoms in total. The summed E-state index contributed by atoms with van der Waals surface area (Å²) in [5.74, 6) is 0. The van der Waals surface area contributed by atoms with Gasteiger partial charge in [-0.1, -0.05) is 121 Å². The van der Waals surface area contributed by atoms with Crippen molar-refractivity contribution >= 4 is 48.9 Å². The zero-order valence-corrected chi connectivity index (χ0v) is 20.8. The summed E-state index contributed by atoms with van der Waals surface area (Å²) in [4.78, 5) is 0. The molecule has 34 heavy (non-hydrogen) atoms. The van der Waals surface area contributed by atoms with Gasteiger partial charge in [0.25, 0.3) is 0 Å². The quantitative estimate of drug-likeness (QED) is 0.170. The van der Waals surface area contributed by atoms with Gasteiger partial charge in [-0.2, -0.15) is 0 Å². The summed E-state index contributed by atoms with van der Waals surface area (Å²) in [6.45, 7) is 0. The van der Waals surface area contributed by atoms with Crippen LogP contribution in [0.5, 0.6) is 0 Å². The lowest BCUT2D eigenvalue weighted by Crippen LogP contribution is -2.28. The molecule has 0 aliphatic rings. The van der Waals surface area contributed by atoms with E-state index in [2.05, 4.69) is 0 Å². The molecular formula is C28H25ClN2OS2. The van der Waals surface area contributed by atoms with Crippen molar-refractivity contribution in [3.05, 3.63) is 144 Å². The summed E-state index contributed by atoms with van der Waals surface area (Å²) in [7, 11) is 0. The summed E-state index contributed by atoms with van der Waals surface area (Å²) >= 11 is 2.45. The van der Waals surface area contributed by atoms with E-state index in [9.17, 15) is 0 Å². The van der Waals surface area contributed by atoms with E-state index >= 15 is 0 Å². The van der Waals surface area contributed by atoms with Gasteiger partial charge in [-0.3, -0.25) is 0 Å². The molecule has 0 unspecified atom stereocenters. The van der Waals surface area contributed by atoms with Crippen LogP contribution in [0.25, 0.3) is 0 Å². The standard InChI is InChI=1S/C28H24N2OS2.ClH/c29-21-27(23-13-5-1-6-14-23,24-15-7-2-8-16-24)32-31-33-28(22-30,25-17-9-3-10-18-25)26-19-11-4-12-20-26;/h1-22,29-30H;1H. The van der Waals surface area contributed by atoms with Gasteiger partial charge in [-0.25, -0.2) is 3.63 Å². The van der Waals surface area contributed by atoms with Gasteiger partial charge in [-0.05, 0) is 22.3 Å². The van der Waals surface area contributed by atoms with E-state index < -0.39 is 9.49 Å². The first-order chi connectivity index (χ1) is 16.2. The zero-order chi connectivity index (χ0) is 23.0. The first-order valence-electron chi connectivity index (χ1n) is 10.5. The fourth-order valence-electron chi connectivity index (χ4n) is 3.77. The summed E-state index contributed by atoms with van der Waals surface area (Å²) in [5.41, 5.74) is 3.82. The lowest BCUT2D eigenvalue weighted by atomic mass is 9.91. The molecule has 0 aliphatic carbocycles. The first-order valence-corrected chi connectivity index (χ1v) is 12.0. The highest BCUT2D eigenvalue weighted by Gasteiger charge is 2.39. The highest BCUT2D eigenvalue weighted by atomic mass is 35.5. The molecule has 0 aromatic heterocycles. The van der Waals surface area contributed by atoms with Gasteiger partial charge in [0.2, 0.25) is 0 Å². The Morgan fingerprint density at radius 1 is 0.471 bits per heavy atom. The number of benzene rings is 4. The van der Waals surface area contributed by atoms with E-state index in [1.165, 1.54) is 36.5 Å². The Kier molecular flexibility index (Phi) is 9.13. The fraction of sp³-hybridized carbons (Fsp3) is 0.0714. The minimum Gasteiger partial charge on any atom is -0.311 e. The van der Waals surface area contributed by atoms with Gasteiger partial charge in [-0.15, -0.1) is 12.4 Å². The molecule has 0 amide bonds. The van der Waals surface area contributed by atoms with Crippen LogP contribution >= 0.6 is 36.5 Å². The van der Waals surface area contributed by atoms with Gasteiger partial charge < -0.3 is 10.8 Å². The summed E-state index contributed by atoms with van der Waals surface area (Å²) in [5, 5.41) is 16.8. The van der Waals surface area contributed by atoms with E-state index in [4.69, 9.17) is 14.4 Å². The molecular weight excluding hydrogens is 480 g/mol. The number of rotatable bonds is 10. The van der Waals surface area contributed by atoms with Gasteiger partial charge in [0.15, 0.2) is 0 Å². The van der Waals surface area contributed by atoms with Crippen LogP contribution in [0.3, 0.4) is 0 Å². The smallest absolute Gasteiger partial charge is 0.128 e. The van der Waals surface area contributed by atoms with E-state index in [0.717, 1.165) is 22.3 Å². The van der Waals surface area contributed by atoms with Gasteiger partial charge in [0.05, 0.1) is 0 Å². The monoisotopic (exact) mass is 504 g/mol. The van der Waals surface area contributed by atoms with E-state index in [1.807, 2.05) is 121 Å². The molecule has 0 heterocycles. The van der Waals surface area contributed by atoms with Crippen molar-refractivity contribution in [2.45, 2.75) is 9.49 Å². The van der Waals surface area contributed by atoms with Crippen molar-refractivity contribution in [2.75, 3.05) is 0 Å². The molecule has 0 fully saturated rings. The van der Waals surface area contributed by atoms with E-state index in [1.54, 1.807) is 0 Å². The average molecular weight is 505 g/mol. The Bertz CT molecular complexity index is 1000. The number of halogens is 1. The minimum atomic E-state index is -0.823. The molecule has 4 aromatic carbocycles. The van der Waals surface area contributed by atoms with Crippen LogP contribution in [0.15, 0.2) is 121 Å². The molecule has 0 radical (unpaired) electrons. The Hall–Kier alpha value is -2.83. The number of hydrogen-bond donors (Lipinski definition) is 2. The largest absolute Gasteiger partial charge is 0.311 e. The highest BCUT2D eigenvalue weighted by Crippen LogP contribution is 2.49. The second-order valence-corrected chi connectivity index (χ2v) is 9.62. The minimum absolute atomic E-state index is 0. The molecule has 0 aliphatic heterocycles. The Balaban J connectivity index is 0.00000324. The normalized spacial score (nSPS) is 11.3. The van der Waals surface area contributed by atoms with Crippen LogP contribution in [0.4, 0.5) is 0 Å². The Morgan fingerprint density at radius 2 is 0.706 bits per heavy atom. The molecule has 0 saturated carbocycles. The zero-order valence-electron chi connectivity index (χ0n) is 18.3. The maximum absolute atomic E-state index is 8.41. The second-order valence-electron chi connectivity index (χ2n) is 7.46. The third kappa shape index (κ3) is 5.13. The van der Waals surface area contributed by atoms with Crippen LogP contribution in [0.2, 0.25) is 0 Å². The molecule has 0 saturated heterocycles. The van der Waals surface area contributed by atoms with Crippen molar-refractivity contribution in [1.82, 2.24) is 0 Å². The summed E-state index contributed by atoms with van der Waals surface area (Å²) < 4.78 is 4.65. The van der Waals surface area contributed by atoms with Crippen LogP contribution in [0.1, 0.15) is 22.3 Å². The molecule has 2 N–H and O–H groups in total. The van der Waals surface area contributed by atoms with Gasteiger partial charge in [0.1, 0.15) is 9.49 Å². The van der Waals surface area contributed by atoms with Crippen molar-refractivity contribution in [3.8, 4) is 0 Å². The van der Waals surface area contributed by atoms with Crippen molar-refractivity contribution in [3.63, 3.8) is 0 Å². The van der Waals surface area contributed by atoms with Gasteiger partial charge >= 0.3 is 0 Å². The molecule has 0 bridgehead atoms.